The SMILES string of the molecule is C.C=CCCCC1CCC2C3C(CCC(C)(C)C)CCCCCCC(C)C3CCC12C.CC. The molecule has 0 aliphatic heterocycles. The zero-order chi connectivity index (χ0) is 23.8. The highest BCUT2D eigenvalue weighted by atomic mass is 14.6. The van der Waals surface area contributed by atoms with Gasteiger partial charge in [-0.05, 0) is 104 Å². The van der Waals surface area contributed by atoms with E-state index < -0.39 is 0 Å². The van der Waals surface area contributed by atoms with Crippen LogP contribution >= 0.6 is 0 Å². The molecule has 3 rings (SSSR count). The van der Waals surface area contributed by atoms with Crippen molar-refractivity contribution in [2.24, 2.45) is 46.3 Å². The zero-order valence-corrected chi connectivity index (χ0v) is 23.4. The van der Waals surface area contributed by atoms with Crippen LogP contribution in [0.5, 0.6) is 0 Å². The lowest BCUT2D eigenvalue weighted by molar-refractivity contribution is -0.0457. The Bertz CT molecular complexity index is 525. The van der Waals surface area contributed by atoms with Gasteiger partial charge in [0, 0.05) is 0 Å². The van der Waals surface area contributed by atoms with Gasteiger partial charge in [0.15, 0.2) is 0 Å². The van der Waals surface area contributed by atoms with E-state index in [0.29, 0.717) is 10.8 Å². The molecule has 3 aliphatic carbocycles. The van der Waals surface area contributed by atoms with E-state index in [1.807, 2.05) is 13.8 Å². The van der Waals surface area contributed by atoms with Crippen LogP contribution in [0, 0.1) is 46.3 Å². The molecule has 7 atom stereocenters. The van der Waals surface area contributed by atoms with Crippen molar-refractivity contribution in [3.05, 3.63) is 12.7 Å². The second-order valence-electron chi connectivity index (χ2n) is 13.2. The van der Waals surface area contributed by atoms with Crippen LogP contribution in [0.25, 0.3) is 0 Å². The standard InChI is InChI=1S/C30H54.C2H6.CH4/c1-7-8-11-16-25-17-18-27-28-24(19-21-29(3,4)5)15-13-10-9-12-14-23(2)26(28)20-22-30(25,27)6;1-2;/h7,23-28H,1,8-22H2,2-6H3;1-2H3;1H4. The lowest BCUT2D eigenvalue weighted by Gasteiger charge is -2.53. The Hall–Kier alpha value is -0.260. The number of rotatable bonds is 6. The average molecular weight is 461 g/mol. The summed E-state index contributed by atoms with van der Waals surface area (Å²) >= 11 is 0. The summed E-state index contributed by atoms with van der Waals surface area (Å²) in [4.78, 5) is 0. The fourth-order valence-electron chi connectivity index (χ4n) is 8.25. The van der Waals surface area contributed by atoms with Gasteiger partial charge in [0.2, 0.25) is 0 Å². The van der Waals surface area contributed by atoms with Gasteiger partial charge in [0.05, 0.1) is 0 Å². The van der Waals surface area contributed by atoms with Crippen molar-refractivity contribution in [3.8, 4) is 0 Å². The summed E-state index contributed by atoms with van der Waals surface area (Å²) in [5.41, 5.74) is 1.11. The molecule has 0 N–H and O–H groups in total. The molecule has 0 heterocycles. The van der Waals surface area contributed by atoms with Gasteiger partial charge in [-0.3, -0.25) is 0 Å². The number of hydrogen-bond acceptors (Lipinski definition) is 0. The molecule has 0 amide bonds. The molecule has 0 aromatic heterocycles. The van der Waals surface area contributed by atoms with E-state index in [9.17, 15) is 0 Å². The second-order valence-corrected chi connectivity index (χ2v) is 13.2. The van der Waals surface area contributed by atoms with E-state index in [-0.39, 0.29) is 7.43 Å². The maximum atomic E-state index is 3.97. The molecule has 0 aromatic carbocycles. The molecule has 0 bridgehead atoms. The number of hydrogen-bond donors (Lipinski definition) is 0. The van der Waals surface area contributed by atoms with Crippen molar-refractivity contribution >= 4 is 0 Å². The van der Waals surface area contributed by atoms with Crippen LogP contribution in [0.4, 0.5) is 0 Å². The Morgan fingerprint density at radius 2 is 1.58 bits per heavy atom. The van der Waals surface area contributed by atoms with Gasteiger partial charge in [0.1, 0.15) is 0 Å². The van der Waals surface area contributed by atoms with E-state index >= 15 is 0 Å². The fraction of sp³-hybridized carbons (Fsp3) is 0.939. The van der Waals surface area contributed by atoms with Gasteiger partial charge in [0.25, 0.3) is 0 Å². The van der Waals surface area contributed by atoms with Crippen LogP contribution in [0.1, 0.15) is 152 Å². The average Bonchev–Trinajstić information content (AvgIpc) is 3.09. The highest BCUT2D eigenvalue weighted by molar-refractivity contribution is 5.04. The van der Waals surface area contributed by atoms with Crippen molar-refractivity contribution in [2.75, 3.05) is 0 Å². The molecular weight excluding hydrogens is 396 g/mol. The molecule has 0 radical (unpaired) electrons. The molecule has 0 heteroatoms. The fourth-order valence-corrected chi connectivity index (χ4v) is 8.25. The predicted octanol–water partition coefficient (Wildman–Crippen LogP) is 11.5. The molecule has 3 aliphatic rings. The summed E-state index contributed by atoms with van der Waals surface area (Å²) in [5.74, 6) is 5.97. The summed E-state index contributed by atoms with van der Waals surface area (Å²) in [6.45, 7) is 20.7. The third kappa shape index (κ3) is 8.14. The topological polar surface area (TPSA) is 0 Å². The molecule has 0 spiro atoms. The van der Waals surface area contributed by atoms with Crippen molar-refractivity contribution in [1.29, 1.82) is 0 Å². The van der Waals surface area contributed by atoms with E-state index in [2.05, 4.69) is 47.3 Å². The van der Waals surface area contributed by atoms with E-state index in [4.69, 9.17) is 0 Å². The Balaban J connectivity index is 0.00000177. The van der Waals surface area contributed by atoms with E-state index in [0.717, 1.165) is 35.5 Å². The summed E-state index contributed by atoms with van der Waals surface area (Å²) < 4.78 is 0. The molecule has 7 unspecified atom stereocenters. The minimum Gasteiger partial charge on any atom is -0.103 e. The maximum absolute atomic E-state index is 3.97. The first-order chi connectivity index (χ1) is 15.3. The second kappa shape index (κ2) is 14.3. The highest BCUT2D eigenvalue weighted by Crippen LogP contribution is 2.63. The van der Waals surface area contributed by atoms with Crippen LogP contribution in [-0.2, 0) is 0 Å². The molecule has 3 saturated carbocycles. The normalized spacial score (nSPS) is 36.9. The monoisotopic (exact) mass is 461 g/mol. The molecule has 0 nitrogen and oxygen atoms in total. The molecule has 0 aromatic rings. The summed E-state index contributed by atoms with van der Waals surface area (Å²) in [6, 6.07) is 0. The van der Waals surface area contributed by atoms with Crippen LogP contribution < -0.4 is 0 Å². The van der Waals surface area contributed by atoms with Gasteiger partial charge < -0.3 is 0 Å². The van der Waals surface area contributed by atoms with Crippen LogP contribution in [0.2, 0.25) is 0 Å². The maximum Gasteiger partial charge on any atom is -0.0266 e. The summed E-state index contributed by atoms with van der Waals surface area (Å²) in [6.07, 6.45) is 24.2. The zero-order valence-electron chi connectivity index (χ0n) is 23.4. The van der Waals surface area contributed by atoms with Crippen molar-refractivity contribution < 1.29 is 0 Å². The molecule has 33 heavy (non-hydrogen) atoms. The third-order valence-electron chi connectivity index (χ3n) is 10.1. The van der Waals surface area contributed by atoms with Gasteiger partial charge in [-0.1, -0.05) is 100 Å². The molecule has 0 saturated heterocycles. The minimum absolute atomic E-state index is 0. The quantitative estimate of drug-likeness (QED) is 0.273. The molecular formula is C33H64. The van der Waals surface area contributed by atoms with Gasteiger partial charge in [-0.25, -0.2) is 0 Å². The van der Waals surface area contributed by atoms with Crippen LogP contribution in [0.15, 0.2) is 12.7 Å². The lowest BCUT2D eigenvalue weighted by Crippen LogP contribution is -2.46. The highest BCUT2D eigenvalue weighted by Gasteiger charge is 2.55. The van der Waals surface area contributed by atoms with Crippen molar-refractivity contribution in [3.63, 3.8) is 0 Å². The number of unbranched alkanes of at least 4 members (excludes halogenated alkanes) is 1. The van der Waals surface area contributed by atoms with Gasteiger partial charge >= 0.3 is 0 Å². The van der Waals surface area contributed by atoms with Gasteiger partial charge in [-0.2, -0.15) is 0 Å². The third-order valence-corrected chi connectivity index (χ3v) is 10.1. The van der Waals surface area contributed by atoms with Crippen LogP contribution in [-0.4, -0.2) is 0 Å². The van der Waals surface area contributed by atoms with Crippen LogP contribution in [0.3, 0.4) is 0 Å². The smallest absolute Gasteiger partial charge is 0.0266 e. The number of allylic oxidation sites excluding steroid dienone is 1. The Labute approximate surface area is 211 Å². The first-order valence-electron chi connectivity index (χ1n) is 14.9. The Kier molecular flexibility index (Phi) is 13.4. The Morgan fingerprint density at radius 1 is 0.909 bits per heavy atom. The first-order valence-corrected chi connectivity index (χ1v) is 14.9. The first kappa shape index (κ1) is 30.8. The largest absolute Gasteiger partial charge is 0.103 e. The number of fused-ring (bicyclic) bond motifs is 3. The lowest BCUT2D eigenvalue weighted by atomic mass is 9.51. The van der Waals surface area contributed by atoms with Crippen molar-refractivity contribution in [1.82, 2.24) is 0 Å². The van der Waals surface area contributed by atoms with E-state index in [1.165, 1.54) is 96.3 Å². The molecule has 3 fully saturated rings. The van der Waals surface area contributed by atoms with Crippen molar-refractivity contribution in [2.45, 2.75) is 152 Å². The molecule has 196 valence electrons. The predicted molar refractivity (Wildman–Crippen MR) is 152 cm³/mol. The Morgan fingerprint density at radius 3 is 2.21 bits per heavy atom. The summed E-state index contributed by atoms with van der Waals surface area (Å²) in [7, 11) is 0. The van der Waals surface area contributed by atoms with E-state index in [1.54, 1.807) is 0 Å². The summed E-state index contributed by atoms with van der Waals surface area (Å²) in [5, 5.41) is 0. The minimum atomic E-state index is 0. The van der Waals surface area contributed by atoms with Gasteiger partial charge in [-0.15, -0.1) is 6.58 Å².